The second kappa shape index (κ2) is 4.65. The molecule has 0 aliphatic rings. The summed E-state index contributed by atoms with van der Waals surface area (Å²) in [6.07, 6.45) is 0. The Bertz CT molecular complexity index is 304. The van der Waals surface area contributed by atoms with E-state index < -0.39 is 5.91 Å². The molecule has 0 atom stereocenters. The first-order valence-electron chi connectivity index (χ1n) is 4.60. The fourth-order valence-electron chi connectivity index (χ4n) is 1.10. The van der Waals surface area contributed by atoms with Gasteiger partial charge in [-0.2, -0.15) is 0 Å². The first kappa shape index (κ1) is 10.6. The van der Waals surface area contributed by atoms with E-state index in [0.29, 0.717) is 11.7 Å². The number of rotatable bonds is 4. The highest BCUT2D eigenvalue weighted by Crippen LogP contribution is 2.18. The van der Waals surface area contributed by atoms with Gasteiger partial charge in [0, 0.05) is 0 Å². The van der Waals surface area contributed by atoms with Crippen LogP contribution < -0.4 is 10.5 Å². The van der Waals surface area contributed by atoms with Crippen LogP contribution >= 0.6 is 0 Å². The third-order valence-corrected chi connectivity index (χ3v) is 1.93. The maximum absolute atomic E-state index is 10.4. The van der Waals surface area contributed by atoms with Gasteiger partial charge in [-0.15, -0.1) is 0 Å². The Morgan fingerprint density at radius 3 is 2.36 bits per heavy atom. The van der Waals surface area contributed by atoms with E-state index in [4.69, 9.17) is 10.5 Å². The van der Waals surface area contributed by atoms with E-state index in [-0.39, 0.29) is 6.61 Å². The molecule has 3 nitrogen and oxygen atoms in total. The van der Waals surface area contributed by atoms with Crippen LogP contribution in [0.15, 0.2) is 24.3 Å². The lowest BCUT2D eigenvalue weighted by molar-refractivity contribution is -0.119. The van der Waals surface area contributed by atoms with Gasteiger partial charge in [0.2, 0.25) is 0 Å². The number of carbonyl (C=O) groups is 1. The number of benzene rings is 1. The molecule has 1 amide bonds. The van der Waals surface area contributed by atoms with Crippen molar-refractivity contribution in [3.63, 3.8) is 0 Å². The molecule has 76 valence electrons. The molecule has 0 fully saturated rings. The summed E-state index contributed by atoms with van der Waals surface area (Å²) in [5, 5.41) is 0. The molecular formula is C11H15NO2. The molecular weight excluding hydrogens is 178 g/mol. The normalized spacial score (nSPS) is 10.2. The number of ether oxygens (including phenoxy) is 1. The molecule has 1 aromatic carbocycles. The van der Waals surface area contributed by atoms with Gasteiger partial charge in [0.25, 0.3) is 5.91 Å². The fraction of sp³-hybridized carbons (Fsp3) is 0.364. The van der Waals surface area contributed by atoms with Crippen molar-refractivity contribution in [1.29, 1.82) is 0 Å². The third kappa shape index (κ3) is 3.09. The Morgan fingerprint density at radius 1 is 1.36 bits per heavy atom. The highest BCUT2D eigenvalue weighted by Gasteiger charge is 2.00. The minimum absolute atomic E-state index is 0.0684. The quantitative estimate of drug-likeness (QED) is 0.790. The molecule has 0 spiro atoms. The molecule has 14 heavy (non-hydrogen) atoms. The zero-order valence-electron chi connectivity index (χ0n) is 8.49. The molecule has 0 unspecified atom stereocenters. The minimum atomic E-state index is -0.460. The minimum Gasteiger partial charge on any atom is -0.484 e. The van der Waals surface area contributed by atoms with Crippen LogP contribution in [-0.4, -0.2) is 12.5 Å². The van der Waals surface area contributed by atoms with Crippen LogP contribution in [0, 0.1) is 0 Å². The average molecular weight is 193 g/mol. The number of primary amides is 1. The zero-order chi connectivity index (χ0) is 10.6. The van der Waals surface area contributed by atoms with Crippen molar-refractivity contribution in [3.8, 4) is 5.75 Å². The average Bonchev–Trinajstić information content (AvgIpc) is 2.15. The molecule has 0 radical (unpaired) electrons. The summed E-state index contributed by atoms with van der Waals surface area (Å²) in [5.74, 6) is 0.714. The van der Waals surface area contributed by atoms with Gasteiger partial charge in [0.15, 0.2) is 6.61 Å². The van der Waals surface area contributed by atoms with E-state index in [0.717, 1.165) is 0 Å². The maximum atomic E-state index is 10.4. The Balaban J connectivity index is 2.59. The van der Waals surface area contributed by atoms with Crippen molar-refractivity contribution < 1.29 is 9.53 Å². The highest BCUT2D eigenvalue weighted by atomic mass is 16.5. The van der Waals surface area contributed by atoms with Gasteiger partial charge < -0.3 is 10.5 Å². The Hall–Kier alpha value is -1.51. The van der Waals surface area contributed by atoms with Gasteiger partial charge in [0.1, 0.15) is 5.75 Å². The van der Waals surface area contributed by atoms with Gasteiger partial charge >= 0.3 is 0 Å². The Kier molecular flexibility index (Phi) is 3.51. The van der Waals surface area contributed by atoms with Gasteiger partial charge in [0.05, 0.1) is 0 Å². The lowest BCUT2D eigenvalue weighted by Gasteiger charge is -2.07. The van der Waals surface area contributed by atoms with E-state index in [1.54, 1.807) is 0 Å². The summed E-state index contributed by atoms with van der Waals surface area (Å²) in [7, 11) is 0. The maximum Gasteiger partial charge on any atom is 0.255 e. The standard InChI is InChI=1S/C11H15NO2/c1-8(2)9-3-5-10(6-4-9)14-7-11(12)13/h3-6,8H,7H2,1-2H3,(H2,12,13). The van der Waals surface area contributed by atoms with Crippen LogP contribution in [0.1, 0.15) is 25.3 Å². The first-order valence-corrected chi connectivity index (χ1v) is 4.60. The Labute approximate surface area is 83.9 Å². The van der Waals surface area contributed by atoms with Gasteiger partial charge in [-0.1, -0.05) is 26.0 Å². The van der Waals surface area contributed by atoms with Crippen molar-refractivity contribution in [2.75, 3.05) is 6.61 Å². The summed E-state index contributed by atoms with van der Waals surface area (Å²) in [4.78, 5) is 10.4. The number of amides is 1. The summed E-state index contributed by atoms with van der Waals surface area (Å²) in [6.45, 7) is 4.18. The Morgan fingerprint density at radius 2 is 1.93 bits per heavy atom. The van der Waals surface area contributed by atoms with E-state index >= 15 is 0 Å². The molecule has 0 bridgehead atoms. The molecule has 0 aliphatic heterocycles. The molecule has 1 rings (SSSR count). The number of hydrogen-bond acceptors (Lipinski definition) is 2. The van der Waals surface area contributed by atoms with Crippen LogP contribution in [0.3, 0.4) is 0 Å². The topological polar surface area (TPSA) is 52.3 Å². The van der Waals surface area contributed by atoms with Crippen molar-refractivity contribution in [2.24, 2.45) is 5.73 Å². The zero-order valence-corrected chi connectivity index (χ0v) is 8.49. The molecule has 3 heteroatoms. The first-order chi connectivity index (χ1) is 6.59. The van der Waals surface area contributed by atoms with Crippen molar-refractivity contribution in [3.05, 3.63) is 29.8 Å². The highest BCUT2D eigenvalue weighted by molar-refractivity contribution is 5.75. The summed E-state index contributed by atoms with van der Waals surface area (Å²) in [6, 6.07) is 7.67. The van der Waals surface area contributed by atoms with Crippen LogP contribution in [0.25, 0.3) is 0 Å². The second-order valence-corrected chi connectivity index (χ2v) is 3.48. The number of carbonyl (C=O) groups excluding carboxylic acids is 1. The lowest BCUT2D eigenvalue weighted by Crippen LogP contribution is -2.19. The van der Waals surface area contributed by atoms with Crippen molar-refractivity contribution in [2.45, 2.75) is 19.8 Å². The molecule has 1 aromatic rings. The number of nitrogens with two attached hydrogens (primary N) is 1. The van der Waals surface area contributed by atoms with Gasteiger partial charge in [-0.25, -0.2) is 0 Å². The van der Waals surface area contributed by atoms with E-state index in [2.05, 4.69) is 13.8 Å². The lowest BCUT2D eigenvalue weighted by atomic mass is 10.0. The molecule has 0 heterocycles. The summed E-state index contributed by atoms with van der Waals surface area (Å²) >= 11 is 0. The summed E-state index contributed by atoms with van der Waals surface area (Å²) in [5.41, 5.74) is 6.20. The predicted octanol–water partition coefficient (Wildman–Crippen LogP) is 1.67. The van der Waals surface area contributed by atoms with Crippen LogP contribution in [0.2, 0.25) is 0 Å². The molecule has 0 saturated carbocycles. The van der Waals surface area contributed by atoms with E-state index in [9.17, 15) is 4.79 Å². The number of hydrogen-bond donors (Lipinski definition) is 1. The van der Waals surface area contributed by atoms with Crippen LogP contribution in [0.4, 0.5) is 0 Å². The molecule has 0 saturated heterocycles. The van der Waals surface area contributed by atoms with Crippen molar-refractivity contribution >= 4 is 5.91 Å². The molecule has 0 aliphatic carbocycles. The summed E-state index contributed by atoms with van der Waals surface area (Å²) < 4.78 is 5.13. The molecule has 0 aromatic heterocycles. The van der Waals surface area contributed by atoms with E-state index in [1.807, 2.05) is 24.3 Å². The fourth-order valence-corrected chi connectivity index (χ4v) is 1.10. The van der Waals surface area contributed by atoms with Gasteiger partial charge in [-0.05, 0) is 23.6 Å². The largest absolute Gasteiger partial charge is 0.484 e. The van der Waals surface area contributed by atoms with Crippen molar-refractivity contribution in [1.82, 2.24) is 0 Å². The predicted molar refractivity (Wildman–Crippen MR) is 55.2 cm³/mol. The SMILES string of the molecule is CC(C)c1ccc(OCC(N)=O)cc1. The van der Waals surface area contributed by atoms with E-state index in [1.165, 1.54) is 5.56 Å². The van der Waals surface area contributed by atoms with Crippen LogP contribution in [0.5, 0.6) is 5.75 Å². The van der Waals surface area contributed by atoms with Crippen LogP contribution in [-0.2, 0) is 4.79 Å². The molecule has 2 N–H and O–H groups in total. The second-order valence-electron chi connectivity index (χ2n) is 3.48. The third-order valence-electron chi connectivity index (χ3n) is 1.93. The smallest absolute Gasteiger partial charge is 0.255 e. The van der Waals surface area contributed by atoms with Gasteiger partial charge in [-0.3, -0.25) is 4.79 Å². The monoisotopic (exact) mass is 193 g/mol.